The molecule has 0 aromatic rings. The van der Waals surface area contributed by atoms with Gasteiger partial charge in [0.15, 0.2) is 6.10 Å². The van der Waals surface area contributed by atoms with Gasteiger partial charge in [-0.05, 0) is 57.8 Å². The van der Waals surface area contributed by atoms with E-state index in [1.54, 1.807) is 0 Å². The topological polar surface area (TPSA) is 78.9 Å². The van der Waals surface area contributed by atoms with Crippen molar-refractivity contribution in [2.75, 3.05) is 13.2 Å². The number of ether oxygens (including phenoxy) is 3. The summed E-state index contributed by atoms with van der Waals surface area (Å²) in [4.78, 5) is 38.3. The van der Waals surface area contributed by atoms with Crippen LogP contribution >= 0.6 is 0 Å². The van der Waals surface area contributed by atoms with Gasteiger partial charge in [0, 0.05) is 19.3 Å². The number of unbranched alkanes of at least 4 members (excludes halogenated alkanes) is 50. The molecule has 0 aliphatic rings. The summed E-state index contributed by atoms with van der Waals surface area (Å²) in [5.74, 6) is -0.843. The predicted octanol–water partition coefficient (Wildman–Crippen LogP) is 24.7. The van der Waals surface area contributed by atoms with E-state index in [1.807, 2.05) is 0 Å². The van der Waals surface area contributed by atoms with Gasteiger partial charge in [-0.25, -0.2) is 0 Å². The summed E-state index contributed by atoms with van der Waals surface area (Å²) in [6, 6.07) is 0. The highest BCUT2D eigenvalue weighted by Gasteiger charge is 2.19. The summed E-state index contributed by atoms with van der Waals surface area (Å²) < 4.78 is 16.9. The third-order valence-electron chi connectivity index (χ3n) is 16.4. The standard InChI is InChI=1S/C74H138O6/c1-4-7-10-13-16-19-21-23-25-27-29-31-33-35-36-37-38-40-41-43-45-47-49-51-53-55-58-61-64-67-73(76)79-70-71(69-78-72(75)66-63-60-57-18-15-12-9-6-3)80-74(77)68-65-62-59-56-54-52-50-48-46-44-42-39-34-32-30-28-26-24-22-20-17-14-11-8-5-2/h21,23,27,29,33,35,71H,4-20,22,24-26,28,30-32,34,36-70H2,1-3H3/b23-21-,29-27-,35-33-. The van der Waals surface area contributed by atoms with Crippen LogP contribution in [0.4, 0.5) is 0 Å². The fourth-order valence-electron chi connectivity index (χ4n) is 11.0. The Hall–Kier alpha value is -2.37. The Labute approximate surface area is 499 Å². The van der Waals surface area contributed by atoms with Crippen LogP contribution in [0, 0.1) is 0 Å². The van der Waals surface area contributed by atoms with Gasteiger partial charge in [-0.2, -0.15) is 0 Å². The van der Waals surface area contributed by atoms with E-state index in [0.29, 0.717) is 19.3 Å². The number of rotatable bonds is 67. The SMILES string of the molecule is CCCCCCC/C=C\C/C=C\C/C=C\CCCCCCCCCCCCCCCCC(=O)OCC(COC(=O)CCCCCCCCCC)OC(=O)CCCCCCCCCCCCCCCCCCCCCCCCCCC. The lowest BCUT2D eigenvalue weighted by Crippen LogP contribution is -2.30. The lowest BCUT2D eigenvalue weighted by molar-refractivity contribution is -0.167. The maximum absolute atomic E-state index is 12.9. The molecule has 1 atom stereocenters. The molecular weight excluding hydrogens is 985 g/mol. The van der Waals surface area contributed by atoms with Gasteiger partial charge in [0.05, 0.1) is 0 Å². The molecule has 0 N–H and O–H groups in total. The predicted molar refractivity (Wildman–Crippen MR) is 349 cm³/mol. The van der Waals surface area contributed by atoms with Gasteiger partial charge < -0.3 is 14.2 Å². The van der Waals surface area contributed by atoms with Crippen LogP contribution in [0.25, 0.3) is 0 Å². The maximum Gasteiger partial charge on any atom is 0.306 e. The Balaban J connectivity index is 4.06. The van der Waals surface area contributed by atoms with Crippen LogP contribution in [0.2, 0.25) is 0 Å². The fraction of sp³-hybridized carbons (Fsp3) is 0.878. The minimum absolute atomic E-state index is 0.0663. The first kappa shape index (κ1) is 77.6. The van der Waals surface area contributed by atoms with E-state index in [2.05, 4.69) is 57.2 Å². The minimum Gasteiger partial charge on any atom is -0.462 e. The van der Waals surface area contributed by atoms with Gasteiger partial charge in [0.1, 0.15) is 13.2 Å². The van der Waals surface area contributed by atoms with Crippen molar-refractivity contribution < 1.29 is 28.6 Å². The van der Waals surface area contributed by atoms with E-state index < -0.39 is 6.10 Å². The third-order valence-corrected chi connectivity index (χ3v) is 16.4. The van der Waals surface area contributed by atoms with Gasteiger partial charge in [0.2, 0.25) is 0 Å². The van der Waals surface area contributed by atoms with Crippen molar-refractivity contribution in [3.63, 3.8) is 0 Å². The van der Waals surface area contributed by atoms with E-state index in [0.717, 1.165) is 70.6 Å². The highest BCUT2D eigenvalue weighted by Crippen LogP contribution is 2.19. The van der Waals surface area contributed by atoms with Crippen LogP contribution in [-0.2, 0) is 28.6 Å². The van der Waals surface area contributed by atoms with Crippen molar-refractivity contribution in [1.82, 2.24) is 0 Å². The number of allylic oxidation sites excluding steroid dienone is 6. The van der Waals surface area contributed by atoms with Crippen LogP contribution in [0.5, 0.6) is 0 Å². The van der Waals surface area contributed by atoms with Crippen molar-refractivity contribution in [1.29, 1.82) is 0 Å². The first-order valence-electron chi connectivity index (χ1n) is 36.0. The van der Waals surface area contributed by atoms with E-state index in [-0.39, 0.29) is 31.1 Å². The second kappa shape index (κ2) is 69.1. The van der Waals surface area contributed by atoms with Crippen LogP contribution in [0.3, 0.4) is 0 Å². The Kier molecular flexibility index (Phi) is 67.1. The number of hydrogen-bond donors (Lipinski definition) is 0. The van der Waals surface area contributed by atoms with Crippen LogP contribution < -0.4 is 0 Å². The molecule has 80 heavy (non-hydrogen) atoms. The number of carbonyl (C=O) groups excluding carboxylic acids is 3. The van der Waals surface area contributed by atoms with Gasteiger partial charge in [0.25, 0.3) is 0 Å². The van der Waals surface area contributed by atoms with Crippen molar-refractivity contribution in [2.24, 2.45) is 0 Å². The van der Waals surface area contributed by atoms with Crippen molar-refractivity contribution in [3.8, 4) is 0 Å². The summed E-state index contributed by atoms with van der Waals surface area (Å²) >= 11 is 0. The fourth-order valence-corrected chi connectivity index (χ4v) is 11.0. The molecule has 0 amide bonds. The molecule has 0 rings (SSSR count). The molecule has 0 aliphatic carbocycles. The number of esters is 3. The van der Waals surface area contributed by atoms with Crippen molar-refractivity contribution in [3.05, 3.63) is 36.5 Å². The molecule has 0 aromatic carbocycles. The van der Waals surface area contributed by atoms with E-state index in [9.17, 15) is 14.4 Å². The van der Waals surface area contributed by atoms with Gasteiger partial charge in [-0.3, -0.25) is 14.4 Å². The van der Waals surface area contributed by atoms with Gasteiger partial charge in [-0.15, -0.1) is 0 Å². The zero-order valence-electron chi connectivity index (χ0n) is 54.1. The Morgan fingerprint density at radius 3 is 0.700 bits per heavy atom. The maximum atomic E-state index is 12.9. The number of hydrogen-bond acceptors (Lipinski definition) is 6. The molecule has 1 unspecified atom stereocenters. The smallest absolute Gasteiger partial charge is 0.306 e. The van der Waals surface area contributed by atoms with Gasteiger partial charge in [-0.1, -0.05) is 359 Å². The molecule has 0 fully saturated rings. The van der Waals surface area contributed by atoms with Crippen molar-refractivity contribution >= 4 is 17.9 Å². The van der Waals surface area contributed by atoms with Crippen LogP contribution in [-0.4, -0.2) is 37.2 Å². The molecule has 0 spiro atoms. The second-order valence-corrected chi connectivity index (χ2v) is 24.5. The molecule has 0 saturated carbocycles. The van der Waals surface area contributed by atoms with Gasteiger partial charge >= 0.3 is 17.9 Å². The molecule has 0 radical (unpaired) electrons. The summed E-state index contributed by atoms with van der Waals surface area (Å²) in [6.07, 6.45) is 86.3. The summed E-state index contributed by atoms with van der Waals surface area (Å²) in [6.45, 7) is 6.67. The lowest BCUT2D eigenvalue weighted by atomic mass is 10.0. The van der Waals surface area contributed by atoms with Crippen LogP contribution in [0.1, 0.15) is 400 Å². The average Bonchev–Trinajstić information content (AvgIpc) is 3.46. The highest BCUT2D eigenvalue weighted by atomic mass is 16.6. The Morgan fingerprint density at radius 2 is 0.450 bits per heavy atom. The van der Waals surface area contributed by atoms with Crippen LogP contribution in [0.15, 0.2) is 36.5 Å². The summed E-state index contributed by atoms with van der Waals surface area (Å²) in [5, 5.41) is 0. The zero-order valence-corrected chi connectivity index (χ0v) is 54.1. The zero-order chi connectivity index (χ0) is 57.8. The first-order chi connectivity index (χ1) is 39.5. The molecule has 0 saturated heterocycles. The first-order valence-corrected chi connectivity index (χ1v) is 36.0. The molecular formula is C74H138O6. The highest BCUT2D eigenvalue weighted by molar-refractivity contribution is 5.71. The largest absolute Gasteiger partial charge is 0.462 e. The molecule has 0 aliphatic heterocycles. The molecule has 6 heteroatoms. The van der Waals surface area contributed by atoms with Crippen molar-refractivity contribution in [2.45, 2.75) is 406 Å². The molecule has 0 aromatic heterocycles. The van der Waals surface area contributed by atoms with E-state index in [4.69, 9.17) is 14.2 Å². The van der Waals surface area contributed by atoms with E-state index >= 15 is 0 Å². The monoisotopic (exact) mass is 1120 g/mol. The molecule has 0 bridgehead atoms. The quantitative estimate of drug-likeness (QED) is 0.0261. The summed E-state index contributed by atoms with van der Waals surface area (Å²) in [7, 11) is 0. The normalized spacial score (nSPS) is 12.2. The molecule has 0 heterocycles. The second-order valence-electron chi connectivity index (χ2n) is 24.5. The minimum atomic E-state index is -0.767. The number of carbonyl (C=O) groups is 3. The molecule has 470 valence electrons. The summed E-state index contributed by atoms with van der Waals surface area (Å²) in [5.41, 5.74) is 0. The lowest BCUT2D eigenvalue weighted by Gasteiger charge is -2.18. The Morgan fingerprint density at radius 1 is 0.250 bits per heavy atom. The third kappa shape index (κ3) is 66.4. The average molecular weight is 1120 g/mol. The molecule has 6 nitrogen and oxygen atoms in total. The van der Waals surface area contributed by atoms with E-state index in [1.165, 1.54) is 289 Å². The Bertz CT molecular complexity index is 1340.